The van der Waals surface area contributed by atoms with E-state index in [4.69, 9.17) is 0 Å². The summed E-state index contributed by atoms with van der Waals surface area (Å²) in [6.07, 6.45) is 3.98. The number of benzene rings is 2. The van der Waals surface area contributed by atoms with Gasteiger partial charge in [0.2, 0.25) is 0 Å². The molecule has 0 bridgehead atoms. The fraction of sp³-hybridized carbons (Fsp3) is 0.350. The molecule has 0 N–H and O–H groups in total. The Morgan fingerprint density at radius 2 is 1.30 bits per heavy atom. The highest BCUT2D eigenvalue weighted by Crippen LogP contribution is 2.19. The van der Waals surface area contributed by atoms with Gasteiger partial charge >= 0.3 is 0 Å². The first kappa shape index (κ1) is 14.5. The van der Waals surface area contributed by atoms with Gasteiger partial charge in [0.25, 0.3) is 0 Å². The molecule has 1 aliphatic rings. The van der Waals surface area contributed by atoms with Crippen LogP contribution in [0.5, 0.6) is 0 Å². The predicted molar refractivity (Wildman–Crippen MR) is 96.0 cm³/mol. The number of rotatable bonds is 3. The van der Waals surface area contributed by atoms with E-state index in [1.54, 1.807) is 0 Å². The smallest absolute Gasteiger partial charge is 0.197 e. The molecule has 1 saturated heterocycles. The number of pyridine rings is 1. The summed E-state index contributed by atoms with van der Waals surface area (Å²) in [6.45, 7) is 4.39. The number of hydrogen-bond donors (Lipinski definition) is 0. The number of likely N-dealkylation sites (tertiary alicyclic amines) is 1. The van der Waals surface area contributed by atoms with E-state index in [-0.39, 0.29) is 5.43 Å². The molecule has 0 unspecified atom stereocenters. The highest BCUT2D eigenvalue weighted by Gasteiger charge is 2.13. The van der Waals surface area contributed by atoms with E-state index in [1.165, 1.54) is 32.4 Å². The van der Waals surface area contributed by atoms with Crippen LogP contribution in [0, 0.1) is 0 Å². The zero-order chi connectivity index (χ0) is 15.6. The van der Waals surface area contributed by atoms with Gasteiger partial charge in [-0.2, -0.15) is 0 Å². The quantitative estimate of drug-likeness (QED) is 0.690. The Labute approximate surface area is 136 Å². The molecule has 1 fully saturated rings. The first-order valence-electron chi connectivity index (χ1n) is 8.57. The monoisotopic (exact) mass is 306 g/mol. The number of piperidine rings is 1. The van der Waals surface area contributed by atoms with Gasteiger partial charge in [-0.3, -0.25) is 4.79 Å². The van der Waals surface area contributed by atoms with E-state index in [9.17, 15) is 4.79 Å². The number of nitrogens with zero attached hydrogens (tertiary/aromatic N) is 2. The predicted octanol–water partition coefficient (Wildman–Crippen LogP) is 3.64. The van der Waals surface area contributed by atoms with Crippen LogP contribution in [0.4, 0.5) is 0 Å². The molecule has 0 aliphatic carbocycles. The van der Waals surface area contributed by atoms with Crippen molar-refractivity contribution >= 4 is 21.8 Å². The van der Waals surface area contributed by atoms with Crippen LogP contribution in [-0.4, -0.2) is 29.1 Å². The number of fused-ring (bicyclic) bond motifs is 2. The molecule has 0 atom stereocenters. The van der Waals surface area contributed by atoms with Crippen LogP contribution in [-0.2, 0) is 6.54 Å². The molecular weight excluding hydrogens is 284 g/mol. The second-order valence-electron chi connectivity index (χ2n) is 6.42. The number of para-hydroxylation sites is 2. The second-order valence-corrected chi connectivity index (χ2v) is 6.42. The summed E-state index contributed by atoms with van der Waals surface area (Å²) in [6, 6.07) is 16.0. The Morgan fingerprint density at radius 3 is 1.91 bits per heavy atom. The van der Waals surface area contributed by atoms with E-state index >= 15 is 0 Å². The van der Waals surface area contributed by atoms with Crippen LogP contribution in [0.1, 0.15) is 19.3 Å². The van der Waals surface area contributed by atoms with E-state index < -0.39 is 0 Å². The minimum Gasteiger partial charge on any atom is -0.339 e. The highest BCUT2D eigenvalue weighted by molar-refractivity contribution is 5.93. The lowest BCUT2D eigenvalue weighted by atomic mass is 10.1. The highest BCUT2D eigenvalue weighted by atomic mass is 16.1. The molecule has 23 heavy (non-hydrogen) atoms. The minimum absolute atomic E-state index is 0.144. The van der Waals surface area contributed by atoms with Gasteiger partial charge in [0, 0.05) is 23.9 Å². The van der Waals surface area contributed by atoms with Crippen molar-refractivity contribution in [1.29, 1.82) is 0 Å². The molecule has 0 amide bonds. The second kappa shape index (κ2) is 6.17. The van der Waals surface area contributed by atoms with Crippen molar-refractivity contribution in [3.63, 3.8) is 0 Å². The van der Waals surface area contributed by atoms with Crippen molar-refractivity contribution in [1.82, 2.24) is 9.47 Å². The first-order valence-corrected chi connectivity index (χ1v) is 8.57. The van der Waals surface area contributed by atoms with Gasteiger partial charge in [-0.1, -0.05) is 30.7 Å². The van der Waals surface area contributed by atoms with Crippen LogP contribution in [0.25, 0.3) is 21.8 Å². The molecular formula is C20H22N2O. The summed E-state index contributed by atoms with van der Waals surface area (Å²) >= 11 is 0. The molecule has 3 aromatic rings. The summed E-state index contributed by atoms with van der Waals surface area (Å²) in [4.78, 5) is 15.3. The van der Waals surface area contributed by atoms with Crippen molar-refractivity contribution in [2.24, 2.45) is 0 Å². The topological polar surface area (TPSA) is 25.2 Å². The average molecular weight is 306 g/mol. The molecule has 2 heterocycles. The molecule has 0 spiro atoms. The van der Waals surface area contributed by atoms with Crippen LogP contribution < -0.4 is 5.43 Å². The lowest BCUT2D eigenvalue weighted by Gasteiger charge is -2.27. The number of hydrogen-bond acceptors (Lipinski definition) is 2. The first-order chi connectivity index (χ1) is 11.3. The Morgan fingerprint density at radius 1 is 0.739 bits per heavy atom. The third-order valence-electron chi connectivity index (χ3n) is 4.97. The van der Waals surface area contributed by atoms with E-state index in [0.29, 0.717) is 0 Å². The third-order valence-corrected chi connectivity index (χ3v) is 4.97. The zero-order valence-corrected chi connectivity index (χ0v) is 13.4. The van der Waals surface area contributed by atoms with Crippen molar-refractivity contribution < 1.29 is 0 Å². The standard InChI is InChI=1S/C20H22N2O/c23-20-16-8-2-4-10-18(16)22(19-11-5-3-9-17(19)20)15-14-21-12-6-1-7-13-21/h2-5,8-11H,1,6-7,12-15H2. The molecule has 0 radical (unpaired) electrons. The maximum absolute atomic E-state index is 12.7. The molecule has 118 valence electrons. The normalized spacial score (nSPS) is 16.2. The summed E-state index contributed by atoms with van der Waals surface area (Å²) in [5.41, 5.74) is 2.24. The fourth-order valence-electron chi connectivity index (χ4n) is 3.74. The van der Waals surface area contributed by atoms with Gasteiger partial charge in [0.05, 0.1) is 11.0 Å². The van der Waals surface area contributed by atoms with E-state index in [1.807, 2.05) is 36.4 Å². The molecule has 0 saturated carbocycles. The Balaban J connectivity index is 1.82. The van der Waals surface area contributed by atoms with Crippen LogP contribution in [0.2, 0.25) is 0 Å². The maximum Gasteiger partial charge on any atom is 0.197 e. The molecule has 1 aromatic heterocycles. The lowest BCUT2D eigenvalue weighted by Crippen LogP contribution is -2.32. The Bertz CT molecular complexity index is 831. The number of aromatic nitrogens is 1. The summed E-state index contributed by atoms with van der Waals surface area (Å²) in [7, 11) is 0. The van der Waals surface area contributed by atoms with Crippen molar-refractivity contribution in [2.45, 2.75) is 25.8 Å². The maximum atomic E-state index is 12.7. The molecule has 2 aromatic carbocycles. The Kier molecular flexibility index (Phi) is 3.88. The van der Waals surface area contributed by atoms with Gasteiger partial charge in [0.15, 0.2) is 5.43 Å². The van der Waals surface area contributed by atoms with Crippen molar-refractivity contribution in [2.75, 3.05) is 19.6 Å². The van der Waals surface area contributed by atoms with Crippen LogP contribution >= 0.6 is 0 Å². The molecule has 3 heteroatoms. The third kappa shape index (κ3) is 2.66. The van der Waals surface area contributed by atoms with Gasteiger partial charge in [-0.15, -0.1) is 0 Å². The van der Waals surface area contributed by atoms with Crippen molar-refractivity contribution in [3.8, 4) is 0 Å². The summed E-state index contributed by atoms with van der Waals surface area (Å²) in [5.74, 6) is 0. The van der Waals surface area contributed by atoms with Gasteiger partial charge < -0.3 is 9.47 Å². The molecule has 4 rings (SSSR count). The van der Waals surface area contributed by atoms with Crippen LogP contribution in [0.15, 0.2) is 53.3 Å². The van der Waals surface area contributed by atoms with Crippen LogP contribution in [0.3, 0.4) is 0 Å². The van der Waals surface area contributed by atoms with E-state index in [2.05, 4.69) is 21.6 Å². The van der Waals surface area contributed by atoms with Gasteiger partial charge in [0.1, 0.15) is 0 Å². The van der Waals surface area contributed by atoms with Crippen molar-refractivity contribution in [3.05, 3.63) is 58.8 Å². The fourth-order valence-corrected chi connectivity index (χ4v) is 3.74. The summed E-state index contributed by atoms with van der Waals surface area (Å²) < 4.78 is 2.32. The average Bonchev–Trinajstić information content (AvgIpc) is 2.63. The van der Waals surface area contributed by atoms with Gasteiger partial charge in [-0.25, -0.2) is 0 Å². The largest absolute Gasteiger partial charge is 0.339 e. The summed E-state index contributed by atoms with van der Waals surface area (Å²) in [5, 5.41) is 1.65. The van der Waals surface area contributed by atoms with E-state index in [0.717, 1.165) is 34.9 Å². The Hall–Kier alpha value is -2.13. The lowest BCUT2D eigenvalue weighted by molar-refractivity contribution is 0.222. The molecule has 3 nitrogen and oxygen atoms in total. The minimum atomic E-state index is 0.144. The SMILES string of the molecule is O=c1c2ccccc2n(CCN2CCCCC2)c2ccccc12. The van der Waals surface area contributed by atoms with Gasteiger partial charge in [-0.05, 0) is 50.2 Å². The molecule has 1 aliphatic heterocycles. The zero-order valence-electron chi connectivity index (χ0n) is 13.4.